The highest BCUT2D eigenvalue weighted by Crippen LogP contribution is 2.47. The number of hydrogen-bond donors (Lipinski definition) is 2. The van der Waals surface area contributed by atoms with Gasteiger partial charge in [-0.2, -0.15) is 0 Å². The van der Waals surface area contributed by atoms with Gasteiger partial charge in [-0.05, 0) is 32.7 Å². The fourth-order valence-electron chi connectivity index (χ4n) is 2.62. The second kappa shape index (κ2) is 3.00. The lowest BCUT2D eigenvalue weighted by molar-refractivity contribution is 0.0418. The molecule has 0 bridgehead atoms. The Balaban J connectivity index is 2.00. The van der Waals surface area contributed by atoms with Crippen LogP contribution in [-0.4, -0.2) is 23.8 Å². The Bertz CT molecular complexity index is 165. The molecule has 0 saturated heterocycles. The maximum Gasteiger partial charge on any atom is 0.0692 e. The van der Waals surface area contributed by atoms with Crippen LogP contribution in [0.1, 0.15) is 38.5 Å². The smallest absolute Gasteiger partial charge is 0.0692 e. The van der Waals surface area contributed by atoms with E-state index in [4.69, 9.17) is 0 Å². The summed E-state index contributed by atoms with van der Waals surface area (Å²) in [5.74, 6) is 0.538. The predicted octanol–water partition coefficient (Wildman–Crippen LogP) is 1.29. The molecule has 0 spiro atoms. The first-order valence-electron chi connectivity index (χ1n) is 5.16. The van der Waals surface area contributed by atoms with Gasteiger partial charge in [-0.15, -0.1) is 0 Å². The topological polar surface area (TPSA) is 32.3 Å². The molecule has 2 saturated carbocycles. The number of aliphatic hydroxyl groups is 1. The van der Waals surface area contributed by atoms with Crippen molar-refractivity contribution in [3.63, 3.8) is 0 Å². The summed E-state index contributed by atoms with van der Waals surface area (Å²) in [5, 5.41) is 13.4. The minimum Gasteiger partial charge on any atom is -0.390 e. The lowest BCUT2D eigenvalue weighted by Gasteiger charge is -2.34. The largest absolute Gasteiger partial charge is 0.390 e. The number of nitrogens with one attached hydrogen (secondary N) is 1. The molecular weight excluding hydrogens is 150 g/mol. The third kappa shape index (κ3) is 1.38. The average Bonchev–Trinajstić information content (AvgIpc) is 2.85. The third-order valence-corrected chi connectivity index (χ3v) is 3.59. The summed E-state index contributed by atoms with van der Waals surface area (Å²) < 4.78 is 0. The molecular formula is C10H19NO. The van der Waals surface area contributed by atoms with Gasteiger partial charge < -0.3 is 10.4 Å². The van der Waals surface area contributed by atoms with E-state index in [-0.39, 0.29) is 5.60 Å². The molecule has 0 heterocycles. The Morgan fingerprint density at radius 1 is 1.25 bits per heavy atom. The maximum absolute atomic E-state index is 10.0. The van der Waals surface area contributed by atoms with E-state index >= 15 is 0 Å². The Morgan fingerprint density at radius 3 is 2.50 bits per heavy atom. The summed E-state index contributed by atoms with van der Waals surface area (Å²) in [6.07, 6.45) is 7.19. The normalized spacial score (nSPS) is 39.5. The average molecular weight is 169 g/mol. The first-order valence-corrected chi connectivity index (χ1v) is 5.16. The Labute approximate surface area is 74.4 Å². The second-order valence-corrected chi connectivity index (χ2v) is 4.39. The lowest BCUT2D eigenvalue weighted by atomic mass is 9.79. The van der Waals surface area contributed by atoms with Crippen molar-refractivity contribution in [3.8, 4) is 0 Å². The molecule has 0 aromatic carbocycles. The molecule has 2 aliphatic rings. The van der Waals surface area contributed by atoms with Gasteiger partial charge >= 0.3 is 0 Å². The summed E-state index contributed by atoms with van der Waals surface area (Å²) in [5.41, 5.74) is -0.270. The fraction of sp³-hybridized carbons (Fsp3) is 1.00. The summed E-state index contributed by atoms with van der Waals surface area (Å²) >= 11 is 0. The fourth-order valence-corrected chi connectivity index (χ4v) is 2.62. The summed E-state index contributed by atoms with van der Waals surface area (Å²) in [7, 11) is 2.02. The van der Waals surface area contributed by atoms with Crippen LogP contribution in [0.25, 0.3) is 0 Å². The second-order valence-electron chi connectivity index (χ2n) is 4.39. The first kappa shape index (κ1) is 8.52. The Morgan fingerprint density at radius 2 is 1.92 bits per heavy atom. The highest BCUT2D eigenvalue weighted by Gasteiger charge is 2.50. The molecule has 0 radical (unpaired) electrons. The van der Waals surface area contributed by atoms with Gasteiger partial charge in [0.1, 0.15) is 0 Å². The van der Waals surface area contributed by atoms with Crippen LogP contribution in [0.15, 0.2) is 0 Å². The van der Waals surface area contributed by atoms with Crippen LogP contribution in [0.2, 0.25) is 0 Å². The van der Waals surface area contributed by atoms with E-state index in [1.807, 2.05) is 7.05 Å². The Kier molecular flexibility index (Phi) is 2.13. The molecule has 2 aliphatic carbocycles. The minimum atomic E-state index is -0.270. The van der Waals surface area contributed by atoms with Gasteiger partial charge in [0.2, 0.25) is 0 Å². The van der Waals surface area contributed by atoms with E-state index < -0.39 is 0 Å². The molecule has 2 fully saturated rings. The molecule has 2 rings (SSSR count). The standard InChI is InChI=1S/C10H19NO/c1-11-9-5-3-2-4-8(9)10(12)6-7-10/h8-9,11-12H,2-7H2,1H3. The molecule has 0 amide bonds. The van der Waals surface area contributed by atoms with Crippen LogP contribution in [-0.2, 0) is 0 Å². The highest BCUT2D eigenvalue weighted by atomic mass is 16.3. The predicted molar refractivity (Wildman–Crippen MR) is 49.0 cm³/mol. The van der Waals surface area contributed by atoms with Gasteiger partial charge in [0, 0.05) is 12.0 Å². The van der Waals surface area contributed by atoms with Crippen molar-refractivity contribution in [2.75, 3.05) is 7.05 Å². The lowest BCUT2D eigenvalue weighted by Crippen LogP contribution is -2.43. The molecule has 0 aromatic heterocycles. The molecule has 2 nitrogen and oxygen atoms in total. The van der Waals surface area contributed by atoms with Crippen molar-refractivity contribution in [3.05, 3.63) is 0 Å². The number of hydrogen-bond acceptors (Lipinski definition) is 2. The number of rotatable bonds is 2. The van der Waals surface area contributed by atoms with Crippen LogP contribution in [0.3, 0.4) is 0 Å². The van der Waals surface area contributed by atoms with Crippen LogP contribution in [0.5, 0.6) is 0 Å². The molecule has 2 heteroatoms. The first-order chi connectivity index (χ1) is 5.76. The molecule has 0 aromatic rings. The zero-order chi connectivity index (χ0) is 8.60. The summed E-state index contributed by atoms with van der Waals surface area (Å²) in [4.78, 5) is 0. The van der Waals surface area contributed by atoms with E-state index in [1.165, 1.54) is 25.7 Å². The summed E-state index contributed by atoms with van der Waals surface area (Å²) in [6.45, 7) is 0. The van der Waals surface area contributed by atoms with Crippen LogP contribution in [0, 0.1) is 5.92 Å². The van der Waals surface area contributed by atoms with Crippen molar-refractivity contribution < 1.29 is 5.11 Å². The van der Waals surface area contributed by atoms with Crippen molar-refractivity contribution in [1.82, 2.24) is 5.32 Å². The van der Waals surface area contributed by atoms with Crippen LogP contribution in [0.4, 0.5) is 0 Å². The summed E-state index contributed by atoms with van der Waals surface area (Å²) in [6, 6.07) is 0.575. The minimum absolute atomic E-state index is 0.270. The molecule has 2 unspecified atom stereocenters. The van der Waals surface area contributed by atoms with Gasteiger partial charge in [-0.25, -0.2) is 0 Å². The third-order valence-electron chi connectivity index (χ3n) is 3.59. The zero-order valence-electron chi connectivity index (χ0n) is 7.84. The van der Waals surface area contributed by atoms with Crippen molar-refractivity contribution in [2.45, 2.75) is 50.2 Å². The quantitative estimate of drug-likeness (QED) is 0.653. The molecule has 70 valence electrons. The van der Waals surface area contributed by atoms with E-state index in [0.717, 1.165) is 12.8 Å². The highest BCUT2D eigenvalue weighted by molar-refractivity contribution is 5.04. The van der Waals surface area contributed by atoms with Gasteiger partial charge in [-0.3, -0.25) is 0 Å². The maximum atomic E-state index is 10.0. The van der Waals surface area contributed by atoms with Gasteiger partial charge in [0.05, 0.1) is 5.60 Å². The van der Waals surface area contributed by atoms with Gasteiger partial charge in [0.25, 0.3) is 0 Å². The van der Waals surface area contributed by atoms with E-state index in [1.54, 1.807) is 0 Å². The van der Waals surface area contributed by atoms with Gasteiger partial charge in [0.15, 0.2) is 0 Å². The molecule has 2 atom stereocenters. The van der Waals surface area contributed by atoms with Gasteiger partial charge in [-0.1, -0.05) is 12.8 Å². The molecule has 12 heavy (non-hydrogen) atoms. The van der Waals surface area contributed by atoms with Crippen molar-refractivity contribution >= 4 is 0 Å². The molecule has 0 aliphatic heterocycles. The zero-order valence-corrected chi connectivity index (χ0v) is 7.84. The monoisotopic (exact) mass is 169 g/mol. The van der Waals surface area contributed by atoms with E-state index in [0.29, 0.717) is 12.0 Å². The van der Waals surface area contributed by atoms with Crippen LogP contribution >= 0.6 is 0 Å². The van der Waals surface area contributed by atoms with E-state index in [9.17, 15) is 5.11 Å². The van der Waals surface area contributed by atoms with Crippen molar-refractivity contribution in [2.24, 2.45) is 5.92 Å². The van der Waals surface area contributed by atoms with Crippen molar-refractivity contribution in [1.29, 1.82) is 0 Å². The Hall–Kier alpha value is -0.0800. The van der Waals surface area contributed by atoms with Crippen LogP contribution < -0.4 is 5.32 Å². The van der Waals surface area contributed by atoms with E-state index in [2.05, 4.69) is 5.32 Å². The SMILES string of the molecule is CNC1CCCCC1C1(O)CC1. The molecule has 2 N–H and O–H groups in total.